The number of carbonyl (C=O) groups excluding carboxylic acids is 1. The average molecular weight is 362 g/mol. The normalized spacial score (nSPS) is 15.7. The highest BCUT2D eigenvalue weighted by Crippen LogP contribution is 2.29. The van der Waals surface area contributed by atoms with Crippen molar-refractivity contribution < 1.29 is 4.79 Å². The maximum atomic E-state index is 13.0. The van der Waals surface area contributed by atoms with Gasteiger partial charge in [-0.25, -0.2) is 14.9 Å². The summed E-state index contributed by atoms with van der Waals surface area (Å²) in [4.78, 5) is 24.1. The first-order chi connectivity index (χ1) is 12.2. The predicted molar refractivity (Wildman–Crippen MR) is 103 cm³/mol. The van der Waals surface area contributed by atoms with E-state index in [1.54, 1.807) is 17.2 Å². The fourth-order valence-electron chi connectivity index (χ4n) is 2.55. The molecule has 0 unspecified atom stereocenters. The van der Waals surface area contributed by atoms with Gasteiger partial charge in [0.05, 0.1) is 0 Å². The number of aliphatic imine (C=N–C) groups is 1. The Labute approximate surface area is 154 Å². The van der Waals surface area contributed by atoms with Gasteiger partial charge >= 0.3 is 0 Å². The molecule has 1 aliphatic rings. The van der Waals surface area contributed by atoms with Crippen molar-refractivity contribution in [2.24, 2.45) is 4.99 Å². The molecule has 0 bridgehead atoms. The number of rotatable bonds is 3. The molecule has 0 saturated heterocycles. The van der Waals surface area contributed by atoms with Gasteiger partial charge in [0.15, 0.2) is 5.13 Å². The fraction of sp³-hybridized carbons (Fsp3) is 0. The van der Waals surface area contributed by atoms with Crippen molar-refractivity contribution in [2.45, 2.75) is 4.90 Å². The third-order valence-corrected chi connectivity index (χ3v) is 4.84. The first kappa shape index (κ1) is 15.7. The van der Waals surface area contributed by atoms with Crippen molar-refractivity contribution in [3.63, 3.8) is 0 Å². The van der Waals surface area contributed by atoms with Crippen LogP contribution in [0, 0.1) is 0 Å². The van der Waals surface area contributed by atoms with Gasteiger partial charge in [0.1, 0.15) is 11.5 Å². The molecular formula is C19H12N3OS2-. The molecule has 6 heteroatoms. The van der Waals surface area contributed by atoms with Crippen molar-refractivity contribution in [3.05, 3.63) is 83.0 Å². The summed E-state index contributed by atoms with van der Waals surface area (Å²) in [5, 5.41) is 2.44. The smallest absolute Gasteiger partial charge is 0.284 e. The second kappa shape index (κ2) is 6.58. The van der Waals surface area contributed by atoms with E-state index in [1.165, 1.54) is 11.3 Å². The summed E-state index contributed by atoms with van der Waals surface area (Å²) in [7, 11) is 0. The number of carbonyl (C=O) groups is 1. The van der Waals surface area contributed by atoms with Crippen LogP contribution in [-0.4, -0.2) is 16.7 Å². The molecule has 2 heterocycles. The topological polar surface area (TPSA) is 45.6 Å². The number of anilines is 1. The Morgan fingerprint density at radius 1 is 1.04 bits per heavy atom. The van der Waals surface area contributed by atoms with E-state index in [1.807, 2.05) is 60.0 Å². The molecule has 0 spiro atoms. The van der Waals surface area contributed by atoms with Gasteiger partial charge in [0.2, 0.25) is 0 Å². The number of amidine groups is 1. The first-order valence-electron chi connectivity index (χ1n) is 7.60. The second-order valence-electron chi connectivity index (χ2n) is 5.32. The summed E-state index contributed by atoms with van der Waals surface area (Å²) < 4.78 is 0. The highest BCUT2D eigenvalue weighted by molar-refractivity contribution is 7.58. The van der Waals surface area contributed by atoms with Crippen LogP contribution < -0.4 is 4.90 Å². The van der Waals surface area contributed by atoms with Gasteiger partial charge in [-0.1, -0.05) is 54.6 Å². The lowest BCUT2D eigenvalue weighted by atomic mass is 10.2. The summed E-state index contributed by atoms with van der Waals surface area (Å²) in [6.07, 6.45) is 3.41. The highest BCUT2D eigenvalue weighted by Gasteiger charge is 2.33. The lowest BCUT2D eigenvalue weighted by Gasteiger charge is -2.14. The molecule has 0 radical (unpaired) electrons. The van der Waals surface area contributed by atoms with Crippen LogP contribution in [0.2, 0.25) is 0 Å². The van der Waals surface area contributed by atoms with E-state index >= 15 is 0 Å². The molecule has 3 aromatic rings. The van der Waals surface area contributed by atoms with Crippen molar-refractivity contribution in [1.82, 2.24) is 4.98 Å². The number of thiazole rings is 1. The summed E-state index contributed by atoms with van der Waals surface area (Å²) in [6.45, 7) is 0. The molecule has 1 aliphatic heterocycles. The number of hydrogen-bond acceptors (Lipinski definition) is 5. The summed E-state index contributed by atoms with van der Waals surface area (Å²) in [6, 6.07) is 17.1. The molecule has 4 rings (SSSR count). The van der Waals surface area contributed by atoms with E-state index in [9.17, 15) is 4.79 Å². The van der Waals surface area contributed by atoms with E-state index in [-0.39, 0.29) is 5.91 Å². The summed E-state index contributed by atoms with van der Waals surface area (Å²) >= 11 is 6.73. The molecule has 25 heavy (non-hydrogen) atoms. The molecule has 0 N–H and O–H groups in total. The summed E-state index contributed by atoms with van der Waals surface area (Å²) in [5.41, 5.74) is 2.02. The van der Waals surface area contributed by atoms with Gasteiger partial charge in [0.25, 0.3) is 5.91 Å². The lowest BCUT2D eigenvalue weighted by molar-refractivity contribution is -0.113. The maximum absolute atomic E-state index is 13.0. The zero-order chi connectivity index (χ0) is 17.2. The molecule has 122 valence electrons. The van der Waals surface area contributed by atoms with Crippen LogP contribution in [-0.2, 0) is 17.4 Å². The Bertz CT molecular complexity index is 979. The van der Waals surface area contributed by atoms with Gasteiger partial charge in [-0.2, -0.15) is 4.90 Å². The third-order valence-electron chi connectivity index (χ3n) is 3.71. The average Bonchev–Trinajstić information content (AvgIpc) is 3.26. The van der Waals surface area contributed by atoms with Gasteiger partial charge in [-0.05, 0) is 11.6 Å². The molecule has 0 saturated carbocycles. The van der Waals surface area contributed by atoms with Crippen LogP contribution in [0.15, 0.2) is 81.8 Å². The van der Waals surface area contributed by atoms with Crippen LogP contribution in [0.5, 0.6) is 0 Å². The van der Waals surface area contributed by atoms with Crippen molar-refractivity contribution in [2.75, 3.05) is 4.90 Å². The number of amides is 1. The number of benzene rings is 2. The Morgan fingerprint density at radius 3 is 2.52 bits per heavy atom. The Morgan fingerprint density at radius 2 is 1.80 bits per heavy atom. The van der Waals surface area contributed by atoms with E-state index in [2.05, 4.69) is 9.98 Å². The van der Waals surface area contributed by atoms with E-state index < -0.39 is 0 Å². The van der Waals surface area contributed by atoms with Gasteiger partial charge < -0.3 is 12.6 Å². The van der Waals surface area contributed by atoms with Crippen LogP contribution in [0.4, 0.5) is 5.13 Å². The first-order valence-corrected chi connectivity index (χ1v) is 8.88. The molecule has 0 atom stereocenters. The minimum Gasteiger partial charge on any atom is -0.779 e. The monoisotopic (exact) mass is 362 g/mol. The second-order valence-corrected chi connectivity index (χ2v) is 6.64. The molecule has 0 fully saturated rings. The van der Waals surface area contributed by atoms with Crippen LogP contribution in [0.25, 0.3) is 6.08 Å². The van der Waals surface area contributed by atoms with Crippen molar-refractivity contribution in [1.29, 1.82) is 0 Å². The minimum atomic E-state index is -0.202. The largest absolute Gasteiger partial charge is 0.779 e. The molecule has 1 aromatic heterocycles. The number of hydrogen-bond donors (Lipinski definition) is 0. The predicted octanol–water partition coefficient (Wildman–Crippen LogP) is 3.88. The Hall–Kier alpha value is -2.83. The maximum Gasteiger partial charge on any atom is 0.284 e. The quantitative estimate of drug-likeness (QED) is 0.525. The molecule has 2 aromatic carbocycles. The molecule has 4 nitrogen and oxygen atoms in total. The van der Waals surface area contributed by atoms with E-state index in [0.29, 0.717) is 21.6 Å². The number of aromatic nitrogens is 1. The molecule has 0 aliphatic carbocycles. The fourth-order valence-corrected chi connectivity index (χ4v) is 3.39. The molecular weight excluding hydrogens is 350 g/mol. The van der Waals surface area contributed by atoms with Gasteiger partial charge in [0, 0.05) is 17.1 Å². The van der Waals surface area contributed by atoms with Crippen LogP contribution in [0.3, 0.4) is 0 Å². The molecule has 1 amide bonds. The standard InChI is InChI=1S/C19H13N3OS2/c23-18-15(12-14-8-4-5-9-16(14)24)21-17(13-6-2-1-3-7-13)22(18)19-20-10-11-25-19/h1-12,24H/p-1/b15-12-. The van der Waals surface area contributed by atoms with Crippen molar-refractivity contribution >= 4 is 46.9 Å². The van der Waals surface area contributed by atoms with E-state index in [0.717, 1.165) is 11.1 Å². The van der Waals surface area contributed by atoms with Crippen LogP contribution in [0.1, 0.15) is 11.1 Å². The van der Waals surface area contributed by atoms with Crippen molar-refractivity contribution in [3.8, 4) is 0 Å². The number of nitrogens with zero attached hydrogens (tertiary/aromatic N) is 3. The van der Waals surface area contributed by atoms with Crippen LogP contribution >= 0.6 is 11.3 Å². The Kier molecular flexibility index (Phi) is 4.13. The lowest BCUT2D eigenvalue weighted by Crippen LogP contribution is -2.32. The zero-order valence-electron chi connectivity index (χ0n) is 13.0. The van der Waals surface area contributed by atoms with Gasteiger partial charge in [-0.15, -0.1) is 11.3 Å². The minimum absolute atomic E-state index is 0.202. The highest BCUT2D eigenvalue weighted by atomic mass is 32.1. The third kappa shape index (κ3) is 2.97. The van der Waals surface area contributed by atoms with E-state index in [4.69, 9.17) is 12.6 Å². The van der Waals surface area contributed by atoms with Gasteiger partial charge in [-0.3, -0.25) is 4.79 Å². The Balaban J connectivity index is 1.83. The SMILES string of the molecule is O=C1/C(=C/c2ccccc2[S-])N=C(c2ccccc2)N1c1nccs1. The zero-order valence-corrected chi connectivity index (χ0v) is 14.6. The summed E-state index contributed by atoms with van der Waals surface area (Å²) in [5.74, 6) is 0.376.